The highest BCUT2D eigenvalue weighted by molar-refractivity contribution is 5.80. The van der Waals surface area contributed by atoms with Crippen LogP contribution >= 0.6 is 0 Å². The monoisotopic (exact) mass is 168 g/mol. The van der Waals surface area contributed by atoms with Gasteiger partial charge in [0, 0.05) is 19.1 Å². The van der Waals surface area contributed by atoms with Crippen LogP contribution < -0.4 is 5.32 Å². The molecule has 1 aliphatic heterocycles. The van der Waals surface area contributed by atoms with Gasteiger partial charge in [-0.3, -0.25) is 4.79 Å². The zero-order valence-electron chi connectivity index (χ0n) is 7.71. The van der Waals surface area contributed by atoms with Crippen molar-refractivity contribution in [2.75, 3.05) is 20.1 Å². The maximum Gasteiger partial charge on any atom is 0.225 e. The molecule has 1 N–H and O–H groups in total. The summed E-state index contributed by atoms with van der Waals surface area (Å²) in [6.45, 7) is 4.05. The summed E-state index contributed by atoms with van der Waals surface area (Å²) in [6.07, 6.45) is 1.17. The van der Waals surface area contributed by atoms with E-state index in [1.54, 1.807) is 0 Å². The number of hydrogen-bond donors (Lipinski definition) is 1. The third-order valence-electron chi connectivity index (χ3n) is 2.87. The lowest BCUT2D eigenvalue weighted by atomic mass is 10.0. The number of carbonyl (C=O) groups excluding carboxylic acids is 1. The Bertz CT molecular complexity index is 199. The van der Waals surface area contributed by atoms with Gasteiger partial charge in [-0.05, 0) is 19.4 Å². The average molecular weight is 168 g/mol. The predicted octanol–water partition coefficient (Wildman–Crippen LogP) is 0.0726. The van der Waals surface area contributed by atoms with E-state index in [1.165, 1.54) is 6.42 Å². The molecule has 1 saturated heterocycles. The first-order valence-electron chi connectivity index (χ1n) is 4.65. The second-order valence-corrected chi connectivity index (χ2v) is 4.25. The van der Waals surface area contributed by atoms with Crippen LogP contribution in [0.25, 0.3) is 0 Å². The highest BCUT2D eigenvalue weighted by atomic mass is 16.2. The summed E-state index contributed by atoms with van der Waals surface area (Å²) < 4.78 is 0. The van der Waals surface area contributed by atoms with Crippen molar-refractivity contribution >= 4 is 5.91 Å². The predicted molar refractivity (Wildman–Crippen MR) is 46.7 cm³/mol. The normalized spacial score (nSPS) is 35.8. The van der Waals surface area contributed by atoms with Crippen molar-refractivity contribution in [3.8, 4) is 0 Å². The smallest absolute Gasteiger partial charge is 0.225 e. The molecule has 3 heteroatoms. The van der Waals surface area contributed by atoms with Crippen molar-refractivity contribution in [2.24, 2.45) is 11.8 Å². The number of carbonyl (C=O) groups is 1. The molecule has 2 fully saturated rings. The van der Waals surface area contributed by atoms with E-state index in [4.69, 9.17) is 0 Å². The van der Waals surface area contributed by atoms with E-state index >= 15 is 0 Å². The van der Waals surface area contributed by atoms with Crippen LogP contribution in [0.15, 0.2) is 0 Å². The fraction of sp³-hybridized carbons (Fsp3) is 0.889. The summed E-state index contributed by atoms with van der Waals surface area (Å²) in [7, 11) is 2.05. The van der Waals surface area contributed by atoms with Crippen LogP contribution in [-0.4, -0.2) is 37.0 Å². The Kier molecular flexibility index (Phi) is 1.83. The minimum absolute atomic E-state index is 0.266. The first-order chi connectivity index (χ1) is 5.66. The lowest BCUT2D eigenvalue weighted by Crippen LogP contribution is -2.52. The molecule has 2 aliphatic rings. The van der Waals surface area contributed by atoms with Gasteiger partial charge in [-0.15, -0.1) is 0 Å². The zero-order valence-corrected chi connectivity index (χ0v) is 7.71. The SMILES string of the molecule is C[C@@H]1CC1NC(=O)C1CN(C)C1. The summed E-state index contributed by atoms with van der Waals surface area (Å²) in [4.78, 5) is 13.6. The Morgan fingerprint density at radius 2 is 2.08 bits per heavy atom. The van der Waals surface area contributed by atoms with Crippen molar-refractivity contribution in [1.29, 1.82) is 0 Å². The topological polar surface area (TPSA) is 32.3 Å². The van der Waals surface area contributed by atoms with Gasteiger partial charge < -0.3 is 10.2 Å². The molecule has 1 heterocycles. The van der Waals surface area contributed by atoms with Gasteiger partial charge in [0.15, 0.2) is 0 Å². The number of nitrogens with zero attached hydrogens (tertiary/aromatic N) is 1. The molecule has 0 aromatic rings. The van der Waals surface area contributed by atoms with Crippen molar-refractivity contribution in [3.05, 3.63) is 0 Å². The van der Waals surface area contributed by atoms with Crippen molar-refractivity contribution in [1.82, 2.24) is 10.2 Å². The zero-order chi connectivity index (χ0) is 8.72. The Morgan fingerprint density at radius 3 is 2.50 bits per heavy atom. The Labute approximate surface area is 73.1 Å². The summed E-state index contributed by atoms with van der Waals surface area (Å²) >= 11 is 0. The largest absolute Gasteiger partial charge is 0.353 e. The maximum atomic E-state index is 11.4. The lowest BCUT2D eigenvalue weighted by molar-refractivity contribution is -0.129. The summed E-state index contributed by atoms with van der Waals surface area (Å²) in [5, 5.41) is 3.06. The third kappa shape index (κ3) is 1.46. The minimum Gasteiger partial charge on any atom is -0.353 e. The average Bonchev–Trinajstić information content (AvgIpc) is 2.60. The molecule has 12 heavy (non-hydrogen) atoms. The second kappa shape index (κ2) is 2.73. The Balaban J connectivity index is 1.71. The van der Waals surface area contributed by atoms with E-state index in [-0.39, 0.29) is 11.8 Å². The Hall–Kier alpha value is -0.570. The van der Waals surface area contributed by atoms with Crippen molar-refractivity contribution in [3.63, 3.8) is 0 Å². The molecule has 0 spiro atoms. The van der Waals surface area contributed by atoms with Gasteiger partial charge in [0.05, 0.1) is 5.92 Å². The second-order valence-electron chi connectivity index (χ2n) is 4.25. The molecule has 0 bridgehead atoms. The van der Waals surface area contributed by atoms with E-state index in [0.717, 1.165) is 13.1 Å². The molecule has 1 unspecified atom stereocenters. The first kappa shape index (κ1) is 8.05. The van der Waals surface area contributed by atoms with Gasteiger partial charge in [-0.1, -0.05) is 6.92 Å². The van der Waals surface area contributed by atoms with Crippen LogP contribution in [0.3, 0.4) is 0 Å². The molecule has 1 aliphatic carbocycles. The molecule has 0 aromatic carbocycles. The van der Waals surface area contributed by atoms with Crippen LogP contribution in [0.5, 0.6) is 0 Å². The molecule has 0 radical (unpaired) electrons. The molecular weight excluding hydrogens is 152 g/mol. The summed E-state index contributed by atoms with van der Waals surface area (Å²) in [5.74, 6) is 1.25. The van der Waals surface area contributed by atoms with Gasteiger partial charge in [-0.2, -0.15) is 0 Å². The number of hydrogen-bond acceptors (Lipinski definition) is 2. The first-order valence-corrected chi connectivity index (χ1v) is 4.65. The minimum atomic E-state index is 0.266. The third-order valence-corrected chi connectivity index (χ3v) is 2.87. The van der Waals surface area contributed by atoms with Gasteiger partial charge >= 0.3 is 0 Å². The van der Waals surface area contributed by atoms with Gasteiger partial charge in [0.2, 0.25) is 5.91 Å². The molecule has 3 nitrogen and oxygen atoms in total. The van der Waals surface area contributed by atoms with Crippen LogP contribution in [0.1, 0.15) is 13.3 Å². The molecule has 2 rings (SSSR count). The fourth-order valence-electron chi connectivity index (χ4n) is 1.69. The molecular formula is C9H16N2O. The highest BCUT2D eigenvalue weighted by Gasteiger charge is 2.37. The van der Waals surface area contributed by atoms with E-state index in [9.17, 15) is 4.79 Å². The summed E-state index contributed by atoms with van der Waals surface area (Å²) in [6, 6.07) is 0.489. The standard InChI is InChI=1S/C9H16N2O/c1-6-3-8(6)10-9(12)7-4-11(2)5-7/h6-8H,3-5H2,1-2H3,(H,10,12)/t6-,8?/m1/s1. The number of rotatable bonds is 2. The lowest BCUT2D eigenvalue weighted by Gasteiger charge is -2.34. The van der Waals surface area contributed by atoms with Crippen molar-refractivity contribution < 1.29 is 4.79 Å². The van der Waals surface area contributed by atoms with Crippen LogP contribution in [0.4, 0.5) is 0 Å². The highest BCUT2D eigenvalue weighted by Crippen LogP contribution is 2.29. The van der Waals surface area contributed by atoms with E-state index < -0.39 is 0 Å². The summed E-state index contributed by atoms with van der Waals surface area (Å²) in [5.41, 5.74) is 0. The molecule has 2 atom stereocenters. The maximum absolute atomic E-state index is 11.4. The number of likely N-dealkylation sites (tertiary alicyclic amines) is 1. The van der Waals surface area contributed by atoms with Crippen LogP contribution in [-0.2, 0) is 4.79 Å². The number of amides is 1. The molecule has 1 amide bonds. The van der Waals surface area contributed by atoms with Crippen molar-refractivity contribution in [2.45, 2.75) is 19.4 Å². The molecule has 0 aromatic heterocycles. The van der Waals surface area contributed by atoms with E-state index in [0.29, 0.717) is 12.0 Å². The molecule has 68 valence electrons. The van der Waals surface area contributed by atoms with Crippen LogP contribution in [0, 0.1) is 11.8 Å². The van der Waals surface area contributed by atoms with Gasteiger partial charge in [0.25, 0.3) is 0 Å². The Morgan fingerprint density at radius 1 is 1.50 bits per heavy atom. The van der Waals surface area contributed by atoms with E-state index in [2.05, 4.69) is 17.1 Å². The van der Waals surface area contributed by atoms with Gasteiger partial charge in [0.1, 0.15) is 0 Å². The fourth-order valence-corrected chi connectivity index (χ4v) is 1.69. The van der Waals surface area contributed by atoms with Gasteiger partial charge in [-0.25, -0.2) is 0 Å². The van der Waals surface area contributed by atoms with E-state index in [1.807, 2.05) is 7.05 Å². The number of nitrogens with one attached hydrogen (secondary N) is 1. The molecule has 1 saturated carbocycles. The van der Waals surface area contributed by atoms with Crippen LogP contribution in [0.2, 0.25) is 0 Å². The quantitative estimate of drug-likeness (QED) is 0.633.